The molecule has 0 bridgehead atoms. The molecule has 0 amide bonds. The minimum absolute atomic E-state index is 0.0487. The van der Waals surface area contributed by atoms with E-state index in [4.69, 9.17) is 4.98 Å². The average molecular weight is 294 g/mol. The smallest absolute Gasteiger partial charge is 0.309 e. The summed E-state index contributed by atoms with van der Waals surface area (Å²) in [5.41, 5.74) is 6.59. The Morgan fingerprint density at radius 2 is 1.86 bits per heavy atom. The van der Waals surface area contributed by atoms with Gasteiger partial charge in [-0.25, -0.2) is 4.98 Å². The topological polar surface area (TPSA) is 54.6 Å². The van der Waals surface area contributed by atoms with Crippen LogP contribution in [0, 0.1) is 20.8 Å². The molecule has 3 aromatic rings. The third-order valence-corrected chi connectivity index (χ3v) is 3.85. The highest BCUT2D eigenvalue weighted by molar-refractivity contribution is 5.77. The fourth-order valence-corrected chi connectivity index (χ4v) is 2.72. The zero-order chi connectivity index (χ0) is 15.9. The molecule has 0 atom stereocenters. The molecule has 3 rings (SSSR count). The maximum Gasteiger partial charge on any atom is 0.309 e. The molecule has 1 aromatic carbocycles. The van der Waals surface area contributed by atoms with Gasteiger partial charge in [-0.1, -0.05) is 17.7 Å². The van der Waals surface area contributed by atoms with Crippen molar-refractivity contribution in [3.8, 4) is 11.3 Å². The van der Waals surface area contributed by atoms with Crippen LogP contribution in [0.4, 0.5) is 0 Å². The summed E-state index contributed by atoms with van der Waals surface area (Å²) in [6.45, 7) is 6.05. The third-order valence-electron chi connectivity index (χ3n) is 3.85. The molecule has 2 heterocycles. The van der Waals surface area contributed by atoms with E-state index in [1.54, 1.807) is 0 Å². The number of pyridine rings is 1. The lowest BCUT2D eigenvalue weighted by Crippen LogP contribution is -2.05. The molecule has 4 nitrogen and oxygen atoms in total. The van der Waals surface area contributed by atoms with Crippen LogP contribution in [0.3, 0.4) is 0 Å². The lowest BCUT2D eigenvalue weighted by Gasteiger charge is -2.07. The zero-order valence-electron chi connectivity index (χ0n) is 12.9. The number of imidazole rings is 1. The number of hydrogen-bond donors (Lipinski definition) is 1. The number of fused-ring (bicyclic) bond motifs is 1. The van der Waals surface area contributed by atoms with E-state index in [0.29, 0.717) is 0 Å². The van der Waals surface area contributed by atoms with Gasteiger partial charge < -0.3 is 9.51 Å². The highest BCUT2D eigenvalue weighted by Gasteiger charge is 2.18. The Labute approximate surface area is 129 Å². The highest BCUT2D eigenvalue weighted by atomic mass is 16.4. The van der Waals surface area contributed by atoms with E-state index in [2.05, 4.69) is 12.1 Å². The van der Waals surface area contributed by atoms with Gasteiger partial charge in [0, 0.05) is 11.8 Å². The zero-order valence-corrected chi connectivity index (χ0v) is 12.9. The van der Waals surface area contributed by atoms with Gasteiger partial charge in [-0.05, 0) is 50.1 Å². The van der Waals surface area contributed by atoms with E-state index in [1.165, 1.54) is 0 Å². The molecule has 22 heavy (non-hydrogen) atoms. The molecule has 0 radical (unpaired) electrons. The molecule has 0 saturated carbocycles. The molecule has 0 aliphatic carbocycles. The van der Waals surface area contributed by atoms with Gasteiger partial charge in [0.2, 0.25) is 0 Å². The van der Waals surface area contributed by atoms with Gasteiger partial charge in [0.05, 0.1) is 17.8 Å². The number of carboxylic acids is 1. The molecule has 0 aliphatic heterocycles. The summed E-state index contributed by atoms with van der Waals surface area (Å²) < 4.78 is 1.87. The Morgan fingerprint density at radius 3 is 2.59 bits per heavy atom. The number of carboxylic acid groups (broad SMARTS) is 1. The lowest BCUT2D eigenvalue weighted by atomic mass is 10.0. The summed E-state index contributed by atoms with van der Waals surface area (Å²) in [6.07, 6.45) is 1.84. The van der Waals surface area contributed by atoms with Crippen LogP contribution in [0.25, 0.3) is 16.9 Å². The molecule has 4 heteroatoms. The van der Waals surface area contributed by atoms with Gasteiger partial charge in [-0.15, -0.1) is 0 Å². The normalized spacial score (nSPS) is 11.0. The maximum atomic E-state index is 11.3. The van der Waals surface area contributed by atoms with E-state index in [1.807, 2.05) is 49.6 Å². The number of aromatic nitrogens is 2. The monoisotopic (exact) mass is 294 g/mol. The Hall–Kier alpha value is -2.62. The number of rotatable bonds is 3. The Kier molecular flexibility index (Phi) is 3.45. The second-order valence-electron chi connectivity index (χ2n) is 5.73. The summed E-state index contributed by atoms with van der Waals surface area (Å²) in [4.78, 5) is 16.0. The van der Waals surface area contributed by atoms with Crippen LogP contribution < -0.4 is 0 Å². The van der Waals surface area contributed by atoms with Crippen LogP contribution in [-0.2, 0) is 11.2 Å². The van der Waals surface area contributed by atoms with Crippen molar-refractivity contribution in [2.45, 2.75) is 27.2 Å². The molecule has 0 fully saturated rings. The van der Waals surface area contributed by atoms with Crippen LogP contribution in [0.5, 0.6) is 0 Å². The van der Waals surface area contributed by atoms with Gasteiger partial charge in [0.1, 0.15) is 5.65 Å². The minimum Gasteiger partial charge on any atom is -0.481 e. The molecule has 0 saturated heterocycles. The van der Waals surface area contributed by atoms with Gasteiger partial charge in [0.15, 0.2) is 0 Å². The van der Waals surface area contributed by atoms with E-state index < -0.39 is 5.97 Å². The fourth-order valence-electron chi connectivity index (χ4n) is 2.72. The molecule has 2 aromatic heterocycles. The van der Waals surface area contributed by atoms with Crippen molar-refractivity contribution in [1.82, 2.24) is 9.38 Å². The molecular formula is C18H18N2O2. The first-order valence-electron chi connectivity index (χ1n) is 7.22. The Bertz CT molecular complexity index is 878. The van der Waals surface area contributed by atoms with Crippen LogP contribution in [0.2, 0.25) is 0 Å². The largest absolute Gasteiger partial charge is 0.481 e. The molecule has 1 N–H and O–H groups in total. The van der Waals surface area contributed by atoms with Crippen molar-refractivity contribution in [3.63, 3.8) is 0 Å². The SMILES string of the molecule is Cc1ccc(C)c(-c2nc3cc(C)ccn3c2CC(=O)O)c1. The van der Waals surface area contributed by atoms with Crippen molar-refractivity contribution in [2.75, 3.05) is 0 Å². The molecular weight excluding hydrogens is 276 g/mol. The van der Waals surface area contributed by atoms with E-state index in [9.17, 15) is 9.90 Å². The van der Waals surface area contributed by atoms with Gasteiger partial charge in [-0.2, -0.15) is 0 Å². The second-order valence-corrected chi connectivity index (χ2v) is 5.73. The lowest BCUT2D eigenvalue weighted by molar-refractivity contribution is -0.136. The first-order valence-corrected chi connectivity index (χ1v) is 7.22. The van der Waals surface area contributed by atoms with E-state index in [-0.39, 0.29) is 6.42 Å². The number of aliphatic carboxylic acids is 1. The van der Waals surface area contributed by atoms with Gasteiger partial charge >= 0.3 is 5.97 Å². The highest BCUT2D eigenvalue weighted by Crippen LogP contribution is 2.29. The van der Waals surface area contributed by atoms with E-state index in [0.717, 1.165) is 39.3 Å². The standard InChI is InChI=1S/C18H18N2O2/c1-11-4-5-13(3)14(8-11)18-15(10-17(21)22)20-7-6-12(2)9-16(20)19-18/h4-9H,10H2,1-3H3,(H,21,22). The number of aryl methyl sites for hydroxylation is 3. The second kappa shape index (κ2) is 5.30. The van der Waals surface area contributed by atoms with Crippen molar-refractivity contribution < 1.29 is 9.90 Å². The van der Waals surface area contributed by atoms with Crippen LogP contribution >= 0.6 is 0 Å². The average Bonchev–Trinajstić information content (AvgIpc) is 2.78. The van der Waals surface area contributed by atoms with Crippen LogP contribution in [0.15, 0.2) is 36.5 Å². The van der Waals surface area contributed by atoms with E-state index >= 15 is 0 Å². The van der Waals surface area contributed by atoms with Crippen molar-refractivity contribution in [2.24, 2.45) is 0 Å². The summed E-state index contributed by atoms with van der Waals surface area (Å²) >= 11 is 0. The minimum atomic E-state index is -0.853. The molecule has 0 aliphatic rings. The predicted octanol–water partition coefficient (Wildman–Crippen LogP) is 3.55. The van der Waals surface area contributed by atoms with Gasteiger partial charge in [-0.3, -0.25) is 4.79 Å². The fraction of sp³-hybridized carbons (Fsp3) is 0.222. The van der Waals surface area contributed by atoms with Crippen molar-refractivity contribution >= 4 is 11.6 Å². The number of benzene rings is 1. The number of carbonyl (C=O) groups is 1. The number of nitrogens with zero attached hydrogens (tertiary/aromatic N) is 2. The molecule has 112 valence electrons. The van der Waals surface area contributed by atoms with Crippen LogP contribution in [-0.4, -0.2) is 20.5 Å². The quantitative estimate of drug-likeness (QED) is 0.803. The summed E-state index contributed by atoms with van der Waals surface area (Å²) in [5.74, 6) is -0.853. The maximum absolute atomic E-state index is 11.3. The molecule has 0 spiro atoms. The summed E-state index contributed by atoms with van der Waals surface area (Å²) in [5, 5.41) is 9.25. The van der Waals surface area contributed by atoms with Gasteiger partial charge in [0.25, 0.3) is 0 Å². The molecule has 0 unspecified atom stereocenters. The van der Waals surface area contributed by atoms with Crippen molar-refractivity contribution in [3.05, 3.63) is 58.9 Å². The Morgan fingerprint density at radius 1 is 1.14 bits per heavy atom. The Balaban J connectivity index is 2.32. The summed E-state index contributed by atoms with van der Waals surface area (Å²) in [6, 6.07) is 10.1. The first kappa shape index (κ1) is 14.3. The summed E-state index contributed by atoms with van der Waals surface area (Å²) in [7, 11) is 0. The first-order chi connectivity index (χ1) is 10.5. The predicted molar refractivity (Wildman–Crippen MR) is 86.2 cm³/mol. The van der Waals surface area contributed by atoms with Crippen LogP contribution in [0.1, 0.15) is 22.4 Å². The number of hydrogen-bond acceptors (Lipinski definition) is 2. The van der Waals surface area contributed by atoms with Crippen molar-refractivity contribution in [1.29, 1.82) is 0 Å². The third kappa shape index (κ3) is 2.48.